The fraction of sp³-hybridized carbons (Fsp3) is 0.385. The van der Waals surface area contributed by atoms with Crippen LogP contribution < -0.4 is 10.6 Å². The highest BCUT2D eigenvalue weighted by molar-refractivity contribution is 6.83. The second kappa shape index (κ2) is 8.89. The van der Waals surface area contributed by atoms with E-state index in [4.69, 9.17) is 9.47 Å². The topological polar surface area (TPSA) is 76.7 Å². The van der Waals surface area contributed by atoms with Crippen molar-refractivity contribution >= 4 is 19.9 Å². The number of rotatable bonds is 5. The van der Waals surface area contributed by atoms with Gasteiger partial charge in [0, 0.05) is 11.1 Å². The summed E-state index contributed by atoms with van der Waals surface area (Å²) in [5, 5.41) is 7.49. The minimum Gasteiger partial charge on any atom is -0.343 e. The van der Waals surface area contributed by atoms with E-state index in [-0.39, 0.29) is 23.9 Å². The molecule has 0 bridgehead atoms. The summed E-state index contributed by atoms with van der Waals surface area (Å²) >= 11 is 0. The lowest BCUT2D eigenvalue weighted by molar-refractivity contribution is -0.147. The molecule has 1 saturated heterocycles. The number of carbonyl (C=O) groups is 2. The monoisotopic (exact) mass is 464 g/mol. The summed E-state index contributed by atoms with van der Waals surface area (Å²) in [5.41, 5.74) is 1.19. The quantitative estimate of drug-likeness (QED) is 0.658. The van der Waals surface area contributed by atoms with Crippen LogP contribution in [0.15, 0.2) is 71.9 Å². The minimum absolute atomic E-state index is 0.149. The lowest BCUT2D eigenvalue weighted by Gasteiger charge is -2.41. The molecular formula is C26H32N2O4Si. The molecule has 2 aromatic carbocycles. The Hall–Kier alpha value is -2.74. The van der Waals surface area contributed by atoms with Gasteiger partial charge in [0.1, 0.15) is 12.2 Å². The second-order valence-electron chi connectivity index (χ2n) is 10.1. The van der Waals surface area contributed by atoms with Gasteiger partial charge in [-0.25, -0.2) is 0 Å². The van der Waals surface area contributed by atoms with Crippen LogP contribution in [-0.2, 0) is 9.47 Å². The van der Waals surface area contributed by atoms with Gasteiger partial charge in [-0.05, 0) is 38.1 Å². The van der Waals surface area contributed by atoms with Crippen molar-refractivity contribution in [2.75, 3.05) is 0 Å². The first-order chi connectivity index (χ1) is 15.5. The first-order valence-corrected chi connectivity index (χ1v) is 14.8. The number of fused-ring (bicyclic) bond motifs is 1. The molecule has 1 fully saturated rings. The lowest BCUT2D eigenvalue weighted by atomic mass is 9.91. The molecule has 0 saturated carbocycles. The van der Waals surface area contributed by atoms with Gasteiger partial charge in [0.15, 0.2) is 5.79 Å². The van der Waals surface area contributed by atoms with Gasteiger partial charge >= 0.3 is 0 Å². The number of amides is 2. The highest BCUT2D eigenvalue weighted by atomic mass is 28.3. The normalized spacial score (nSPS) is 26.2. The van der Waals surface area contributed by atoms with Crippen molar-refractivity contribution in [3.63, 3.8) is 0 Å². The molecule has 2 N–H and O–H groups in total. The average molecular weight is 465 g/mol. The molecule has 33 heavy (non-hydrogen) atoms. The maximum atomic E-state index is 13.1. The fourth-order valence-corrected chi connectivity index (χ4v) is 6.41. The molecule has 1 aliphatic carbocycles. The van der Waals surface area contributed by atoms with E-state index in [2.05, 4.69) is 36.4 Å². The minimum atomic E-state index is -1.91. The van der Waals surface area contributed by atoms with Crippen molar-refractivity contribution in [3.05, 3.63) is 83.1 Å². The zero-order valence-corrected chi connectivity index (χ0v) is 20.8. The molecule has 174 valence electrons. The van der Waals surface area contributed by atoms with Crippen LogP contribution in [0.25, 0.3) is 0 Å². The van der Waals surface area contributed by atoms with Gasteiger partial charge in [0.2, 0.25) is 0 Å². The summed E-state index contributed by atoms with van der Waals surface area (Å²) < 4.78 is 12.6. The lowest BCUT2D eigenvalue weighted by Crippen LogP contribution is -2.61. The first-order valence-electron chi connectivity index (χ1n) is 11.3. The van der Waals surface area contributed by atoms with Crippen molar-refractivity contribution in [2.24, 2.45) is 0 Å². The molecule has 1 aliphatic heterocycles. The number of nitrogens with one attached hydrogen (secondary N) is 2. The van der Waals surface area contributed by atoms with Crippen molar-refractivity contribution in [1.82, 2.24) is 10.6 Å². The van der Waals surface area contributed by atoms with E-state index in [0.717, 1.165) is 5.20 Å². The van der Waals surface area contributed by atoms with Crippen molar-refractivity contribution < 1.29 is 19.1 Å². The van der Waals surface area contributed by atoms with E-state index in [1.165, 1.54) is 0 Å². The molecule has 4 atom stereocenters. The SMILES string of the molecule is CC1(C)O[C@@H]2[C@H](O1)[C@@H](NC(=O)c1ccccc1)C([Si](C)(C)C)=C[C@H]2NC(=O)c1ccccc1. The molecule has 0 aromatic heterocycles. The summed E-state index contributed by atoms with van der Waals surface area (Å²) in [6.45, 7) is 10.4. The van der Waals surface area contributed by atoms with Crippen LogP contribution in [0.4, 0.5) is 0 Å². The van der Waals surface area contributed by atoms with Gasteiger partial charge in [-0.3, -0.25) is 9.59 Å². The van der Waals surface area contributed by atoms with Gasteiger partial charge in [-0.2, -0.15) is 0 Å². The zero-order valence-electron chi connectivity index (χ0n) is 19.8. The van der Waals surface area contributed by atoms with Gasteiger partial charge in [-0.15, -0.1) is 0 Å². The smallest absolute Gasteiger partial charge is 0.251 e. The van der Waals surface area contributed by atoms with Gasteiger partial charge < -0.3 is 20.1 Å². The third-order valence-electron chi connectivity index (χ3n) is 6.06. The Balaban J connectivity index is 1.68. The summed E-state index contributed by atoms with van der Waals surface area (Å²) in [4.78, 5) is 26.1. The summed E-state index contributed by atoms with van der Waals surface area (Å²) in [5.74, 6) is -1.14. The van der Waals surface area contributed by atoms with E-state index >= 15 is 0 Å². The summed E-state index contributed by atoms with van der Waals surface area (Å²) in [7, 11) is -1.91. The number of hydrogen-bond acceptors (Lipinski definition) is 4. The van der Waals surface area contributed by atoms with E-state index in [0.29, 0.717) is 11.1 Å². The van der Waals surface area contributed by atoms with Crippen LogP contribution in [0.5, 0.6) is 0 Å². The number of ether oxygens (including phenoxy) is 2. The third-order valence-corrected chi connectivity index (χ3v) is 8.27. The van der Waals surface area contributed by atoms with Crippen LogP contribution in [-0.4, -0.2) is 50.0 Å². The van der Waals surface area contributed by atoms with E-state index in [1.54, 1.807) is 24.3 Å². The highest BCUT2D eigenvalue weighted by Crippen LogP contribution is 2.39. The predicted molar refractivity (Wildman–Crippen MR) is 131 cm³/mol. The molecule has 6 nitrogen and oxygen atoms in total. The molecule has 1 heterocycles. The Morgan fingerprint density at radius 1 is 0.788 bits per heavy atom. The average Bonchev–Trinajstić information content (AvgIpc) is 3.11. The number of hydrogen-bond donors (Lipinski definition) is 2. The molecule has 0 spiro atoms. The maximum Gasteiger partial charge on any atom is 0.251 e. The second-order valence-corrected chi connectivity index (χ2v) is 15.2. The van der Waals surface area contributed by atoms with E-state index in [9.17, 15) is 9.59 Å². The molecule has 4 rings (SSSR count). The molecule has 0 unspecified atom stereocenters. The number of carbonyl (C=O) groups excluding carboxylic acids is 2. The van der Waals surface area contributed by atoms with Crippen molar-refractivity contribution in [2.45, 2.75) is 63.6 Å². The largest absolute Gasteiger partial charge is 0.343 e. The third kappa shape index (κ3) is 5.10. The van der Waals surface area contributed by atoms with E-state index < -0.39 is 26.1 Å². The van der Waals surface area contributed by atoms with Crippen molar-refractivity contribution in [3.8, 4) is 0 Å². The van der Waals surface area contributed by atoms with Crippen LogP contribution in [0, 0.1) is 0 Å². The molecule has 2 amide bonds. The van der Waals surface area contributed by atoms with Crippen LogP contribution in [0.2, 0.25) is 19.6 Å². The molecule has 2 aromatic rings. The fourth-order valence-electron chi connectivity index (χ4n) is 4.56. The number of benzene rings is 2. The highest BCUT2D eigenvalue weighted by Gasteiger charge is 2.53. The standard InChI is InChI=1S/C26H32N2O4Si/c1-26(2)31-22-19(27-24(29)17-12-8-6-9-13-17)16-20(33(3,4)5)21(23(22)32-26)28-25(30)18-14-10-7-11-15-18/h6-16,19,21-23H,1-5H3,(H,27,29)(H,28,30)/t19-,21+,22+,23-/m1/s1. The van der Waals surface area contributed by atoms with Crippen LogP contribution >= 0.6 is 0 Å². The van der Waals surface area contributed by atoms with Crippen LogP contribution in [0.3, 0.4) is 0 Å². The van der Waals surface area contributed by atoms with Crippen LogP contribution in [0.1, 0.15) is 34.6 Å². The van der Waals surface area contributed by atoms with Gasteiger partial charge in [-0.1, -0.05) is 67.3 Å². The Morgan fingerprint density at radius 3 is 1.79 bits per heavy atom. The summed E-state index contributed by atoms with van der Waals surface area (Å²) in [6, 6.07) is 17.6. The van der Waals surface area contributed by atoms with Gasteiger partial charge in [0.05, 0.1) is 20.2 Å². The molecule has 7 heteroatoms. The molecule has 0 radical (unpaired) electrons. The summed E-state index contributed by atoms with van der Waals surface area (Å²) in [6.07, 6.45) is 1.25. The zero-order chi connectivity index (χ0) is 23.8. The van der Waals surface area contributed by atoms with E-state index in [1.807, 2.05) is 50.2 Å². The Labute approximate surface area is 196 Å². The first kappa shape index (κ1) is 23.4. The molecule has 2 aliphatic rings. The predicted octanol–water partition coefficient (Wildman–Crippen LogP) is 3.92. The van der Waals surface area contributed by atoms with Gasteiger partial charge in [0.25, 0.3) is 11.8 Å². The van der Waals surface area contributed by atoms with Crippen molar-refractivity contribution in [1.29, 1.82) is 0 Å². The Morgan fingerprint density at radius 2 is 1.27 bits per heavy atom. The molecular weight excluding hydrogens is 432 g/mol. The maximum absolute atomic E-state index is 13.1. The Bertz CT molecular complexity index is 1050. The Kier molecular flexibility index (Phi) is 6.31.